The highest BCUT2D eigenvalue weighted by molar-refractivity contribution is 6.30. The Labute approximate surface area is 197 Å². The number of halogens is 4. The Morgan fingerprint density at radius 1 is 1.18 bits per heavy atom. The monoisotopic (exact) mass is 492 g/mol. The van der Waals surface area contributed by atoms with Crippen molar-refractivity contribution in [2.24, 2.45) is 0 Å². The van der Waals surface area contributed by atoms with Crippen LogP contribution in [0.4, 0.5) is 13.2 Å². The van der Waals surface area contributed by atoms with Crippen molar-refractivity contribution in [3.05, 3.63) is 69.6 Å². The van der Waals surface area contributed by atoms with Crippen molar-refractivity contribution < 1.29 is 27.9 Å². The molecule has 2 N–H and O–H groups in total. The number of carbonyl (C=O) groups is 2. The molecule has 1 aliphatic heterocycles. The van der Waals surface area contributed by atoms with Crippen LogP contribution in [0.3, 0.4) is 0 Å². The number of carboxylic acids is 1. The zero-order chi connectivity index (χ0) is 24.5. The normalized spacial score (nSPS) is 14.2. The number of fused-ring (bicyclic) bond motifs is 5. The minimum Gasteiger partial charge on any atom is -0.475 e. The molecule has 34 heavy (non-hydrogen) atoms. The van der Waals surface area contributed by atoms with Gasteiger partial charge in [0.15, 0.2) is 0 Å². The maximum absolute atomic E-state index is 12.3. The van der Waals surface area contributed by atoms with E-state index in [0.717, 1.165) is 65.5 Å². The average Bonchev–Trinajstić information content (AvgIpc) is 3.19. The number of pyridine rings is 1. The van der Waals surface area contributed by atoms with E-state index in [9.17, 15) is 18.0 Å². The van der Waals surface area contributed by atoms with Crippen LogP contribution in [0.25, 0.3) is 11.3 Å². The van der Waals surface area contributed by atoms with E-state index < -0.39 is 12.1 Å². The van der Waals surface area contributed by atoms with Gasteiger partial charge < -0.3 is 10.4 Å². The minimum absolute atomic E-state index is 0.00420. The second kappa shape index (κ2) is 9.46. The second-order valence-corrected chi connectivity index (χ2v) is 8.35. The van der Waals surface area contributed by atoms with E-state index in [-0.39, 0.29) is 5.91 Å². The van der Waals surface area contributed by atoms with Gasteiger partial charge in [0.25, 0.3) is 5.91 Å². The Hall–Kier alpha value is -3.40. The summed E-state index contributed by atoms with van der Waals surface area (Å²) in [5.41, 5.74) is 7.41. The summed E-state index contributed by atoms with van der Waals surface area (Å²) in [6, 6.07) is 10.1. The van der Waals surface area contributed by atoms with Crippen LogP contribution in [0.1, 0.15) is 32.9 Å². The molecule has 0 saturated carbocycles. The molecule has 3 aromatic rings. The summed E-state index contributed by atoms with van der Waals surface area (Å²) in [5.74, 6) is -2.76. The van der Waals surface area contributed by atoms with Crippen LogP contribution >= 0.6 is 11.6 Å². The van der Waals surface area contributed by atoms with Crippen LogP contribution in [0.15, 0.2) is 36.5 Å². The van der Waals surface area contributed by atoms with Crippen molar-refractivity contribution in [3.63, 3.8) is 0 Å². The summed E-state index contributed by atoms with van der Waals surface area (Å²) >= 11 is 5.96. The fourth-order valence-corrected chi connectivity index (χ4v) is 4.12. The second-order valence-electron chi connectivity index (χ2n) is 7.92. The van der Waals surface area contributed by atoms with E-state index in [1.54, 1.807) is 0 Å². The number of carboxylic acid groups (broad SMARTS) is 1. The van der Waals surface area contributed by atoms with Gasteiger partial charge in [0.1, 0.15) is 5.69 Å². The van der Waals surface area contributed by atoms with E-state index in [4.69, 9.17) is 26.6 Å². The lowest BCUT2D eigenvalue weighted by atomic mass is 9.89. The Balaban J connectivity index is 0.000000344. The van der Waals surface area contributed by atoms with E-state index >= 15 is 0 Å². The number of aliphatic carboxylic acids is 1. The SMILES string of the molecule is O=C(O)C(F)(F)F.O=C1NCCn2nc3c(c21)CCc1cnc(CCc2ccc(Cl)cc2)cc1-3. The van der Waals surface area contributed by atoms with Crippen LogP contribution in [0.2, 0.25) is 5.02 Å². The van der Waals surface area contributed by atoms with Crippen molar-refractivity contribution >= 4 is 23.5 Å². The van der Waals surface area contributed by atoms with Gasteiger partial charge in [-0.05, 0) is 55.0 Å². The fraction of sp³-hybridized carbons (Fsp3) is 0.304. The van der Waals surface area contributed by atoms with Gasteiger partial charge in [-0.3, -0.25) is 14.5 Å². The first-order valence-corrected chi connectivity index (χ1v) is 10.9. The van der Waals surface area contributed by atoms with Gasteiger partial charge in [0.05, 0.1) is 12.2 Å². The predicted molar refractivity (Wildman–Crippen MR) is 118 cm³/mol. The maximum atomic E-state index is 12.3. The molecule has 2 aliphatic rings. The molecule has 0 radical (unpaired) electrons. The molecule has 178 valence electrons. The third-order valence-corrected chi connectivity index (χ3v) is 5.89. The molecule has 0 spiro atoms. The molecular weight excluding hydrogens is 473 g/mol. The number of hydrogen-bond donors (Lipinski definition) is 2. The van der Waals surface area contributed by atoms with Gasteiger partial charge in [-0.1, -0.05) is 23.7 Å². The molecule has 0 fully saturated rings. The van der Waals surface area contributed by atoms with Gasteiger partial charge in [0, 0.05) is 34.6 Å². The molecule has 7 nitrogen and oxygen atoms in total. The maximum Gasteiger partial charge on any atom is 0.490 e. The first-order valence-electron chi connectivity index (χ1n) is 10.5. The highest BCUT2D eigenvalue weighted by atomic mass is 35.5. The molecule has 0 atom stereocenters. The Morgan fingerprint density at radius 2 is 1.88 bits per heavy atom. The Morgan fingerprint density at radius 3 is 2.56 bits per heavy atom. The molecule has 1 aromatic carbocycles. The number of aryl methyl sites for hydroxylation is 3. The average molecular weight is 493 g/mol. The lowest BCUT2D eigenvalue weighted by Crippen LogP contribution is -2.36. The molecule has 2 aromatic heterocycles. The first kappa shape index (κ1) is 23.7. The zero-order valence-corrected chi connectivity index (χ0v) is 18.6. The summed E-state index contributed by atoms with van der Waals surface area (Å²) in [6.07, 6.45) is 0.416. The number of alkyl halides is 3. The summed E-state index contributed by atoms with van der Waals surface area (Å²) in [6.45, 7) is 1.37. The molecule has 0 unspecified atom stereocenters. The third kappa shape index (κ3) is 5.06. The Bertz CT molecular complexity index is 1240. The lowest BCUT2D eigenvalue weighted by Gasteiger charge is -2.18. The van der Waals surface area contributed by atoms with Crippen LogP contribution in [-0.4, -0.2) is 44.5 Å². The quantitative estimate of drug-likeness (QED) is 0.578. The van der Waals surface area contributed by atoms with Crippen LogP contribution < -0.4 is 5.32 Å². The molecule has 0 saturated heterocycles. The fourth-order valence-electron chi connectivity index (χ4n) is 3.99. The summed E-state index contributed by atoms with van der Waals surface area (Å²) in [4.78, 5) is 25.8. The summed E-state index contributed by atoms with van der Waals surface area (Å²) < 4.78 is 33.6. The molecule has 11 heteroatoms. The molecule has 1 aliphatic carbocycles. The largest absolute Gasteiger partial charge is 0.490 e. The van der Waals surface area contributed by atoms with Gasteiger partial charge in [-0.2, -0.15) is 18.3 Å². The van der Waals surface area contributed by atoms with E-state index in [1.165, 1.54) is 11.1 Å². The first-order chi connectivity index (χ1) is 16.1. The van der Waals surface area contributed by atoms with Crippen LogP contribution in [0, 0.1) is 0 Å². The minimum atomic E-state index is -5.08. The van der Waals surface area contributed by atoms with Gasteiger partial charge in [-0.15, -0.1) is 0 Å². The Kier molecular flexibility index (Phi) is 6.60. The standard InChI is InChI=1S/C21H19ClN4O.C2HF3O2/c22-15-5-1-13(2-6-15)3-7-16-11-18-14(12-24-16)4-8-17-19(18)25-26-10-9-23-21(27)20(17)26;3-2(4,5)1(6)7/h1-2,5-6,11-12H,3-4,7-10H2,(H,23,27);(H,6,7). The number of carbonyl (C=O) groups excluding carboxylic acids is 1. The number of aromatic nitrogens is 3. The molecule has 1 amide bonds. The zero-order valence-electron chi connectivity index (χ0n) is 17.8. The van der Waals surface area contributed by atoms with Gasteiger partial charge >= 0.3 is 12.1 Å². The summed E-state index contributed by atoms with van der Waals surface area (Å²) in [5, 5.41) is 15.6. The molecule has 3 heterocycles. The van der Waals surface area contributed by atoms with E-state index in [0.29, 0.717) is 6.54 Å². The number of hydrogen-bond acceptors (Lipinski definition) is 4. The third-order valence-electron chi connectivity index (χ3n) is 5.64. The van der Waals surface area contributed by atoms with Crippen molar-refractivity contribution in [1.29, 1.82) is 0 Å². The topological polar surface area (TPSA) is 97.1 Å². The highest BCUT2D eigenvalue weighted by Gasteiger charge is 2.38. The van der Waals surface area contributed by atoms with E-state index in [2.05, 4.69) is 28.5 Å². The number of nitrogens with one attached hydrogen (secondary N) is 1. The van der Waals surface area contributed by atoms with Crippen LogP contribution in [0.5, 0.6) is 0 Å². The lowest BCUT2D eigenvalue weighted by molar-refractivity contribution is -0.192. The van der Waals surface area contributed by atoms with E-state index in [1.807, 2.05) is 23.0 Å². The highest BCUT2D eigenvalue weighted by Crippen LogP contribution is 2.35. The van der Waals surface area contributed by atoms with Crippen molar-refractivity contribution in [3.8, 4) is 11.3 Å². The van der Waals surface area contributed by atoms with Crippen LogP contribution in [-0.2, 0) is 37.0 Å². The van der Waals surface area contributed by atoms with Gasteiger partial charge in [-0.25, -0.2) is 4.79 Å². The van der Waals surface area contributed by atoms with Crippen molar-refractivity contribution in [2.45, 2.75) is 38.4 Å². The summed E-state index contributed by atoms with van der Waals surface area (Å²) in [7, 11) is 0. The molecular formula is C23H20ClF3N4O3. The number of amides is 1. The smallest absolute Gasteiger partial charge is 0.475 e. The van der Waals surface area contributed by atoms with Gasteiger partial charge in [0.2, 0.25) is 0 Å². The number of benzene rings is 1. The van der Waals surface area contributed by atoms with Crippen molar-refractivity contribution in [1.82, 2.24) is 20.1 Å². The number of rotatable bonds is 3. The molecule has 5 rings (SSSR count). The predicted octanol–water partition coefficient (Wildman–Crippen LogP) is 3.86. The molecule has 0 bridgehead atoms. The van der Waals surface area contributed by atoms with Crippen molar-refractivity contribution in [2.75, 3.05) is 6.54 Å². The number of nitrogens with zero attached hydrogens (tertiary/aromatic N) is 3.